The number of halogens is 1. The van der Waals surface area contributed by atoms with Crippen molar-refractivity contribution in [1.29, 1.82) is 0 Å². The molecule has 0 unspecified atom stereocenters. The van der Waals surface area contributed by atoms with Crippen LogP contribution >= 0.6 is 11.6 Å². The van der Waals surface area contributed by atoms with Crippen molar-refractivity contribution in [3.8, 4) is 0 Å². The fourth-order valence-electron chi connectivity index (χ4n) is 6.08. The lowest BCUT2D eigenvalue weighted by molar-refractivity contribution is -0.0168. The highest BCUT2D eigenvalue weighted by molar-refractivity contribution is 6.31. The Morgan fingerprint density at radius 1 is 1.19 bits per heavy atom. The first-order chi connectivity index (χ1) is 12.9. The minimum absolute atomic E-state index is 0.0127. The molecule has 0 saturated heterocycles. The third kappa shape index (κ3) is 2.98. The quantitative estimate of drug-likeness (QED) is 0.872. The molecule has 0 radical (unpaired) electrons. The van der Waals surface area contributed by atoms with Gasteiger partial charge in [0.05, 0.1) is 16.4 Å². The number of aryl methyl sites for hydroxylation is 1. The van der Waals surface area contributed by atoms with E-state index in [2.05, 4.69) is 15.5 Å². The fourth-order valence-corrected chi connectivity index (χ4v) is 6.22. The average Bonchev–Trinajstić information content (AvgIpc) is 3.15. The summed E-state index contributed by atoms with van der Waals surface area (Å²) in [6.45, 7) is 4.27. The van der Waals surface area contributed by atoms with Crippen molar-refractivity contribution in [2.75, 3.05) is 0 Å². The van der Waals surface area contributed by atoms with Gasteiger partial charge in [0.25, 0.3) is 5.91 Å². The molecule has 1 amide bonds. The molecule has 0 aliphatic heterocycles. The fraction of sp³-hybridized carbons (Fsp3) is 0.650. The highest BCUT2D eigenvalue weighted by Crippen LogP contribution is 2.55. The molecular formula is C20H26ClN5O. The molecule has 6 nitrogen and oxygen atoms in total. The van der Waals surface area contributed by atoms with E-state index in [1.54, 1.807) is 10.7 Å². The Kier molecular flexibility index (Phi) is 3.90. The summed E-state index contributed by atoms with van der Waals surface area (Å²) in [5.74, 6) is 2.39. The van der Waals surface area contributed by atoms with Crippen molar-refractivity contribution >= 4 is 17.5 Å². The summed E-state index contributed by atoms with van der Waals surface area (Å²) in [6.07, 6.45) is 9.39. The van der Waals surface area contributed by atoms with Crippen molar-refractivity contribution in [1.82, 2.24) is 24.9 Å². The summed E-state index contributed by atoms with van der Waals surface area (Å²) in [4.78, 5) is 12.9. The third-order valence-electron chi connectivity index (χ3n) is 6.86. The minimum Gasteiger partial charge on any atom is -0.345 e. The molecule has 7 heteroatoms. The van der Waals surface area contributed by atoms with E-state index in [9.17, 15) is 4.79 Å². The molecule has 0 atom stereocenters. The Bertz CT molecular complexity index is 863. The van der Waals surface area contributed by atoms with Gasteiger partial charge >= 0.3 is 0 Å². The van der Waals surface area contributed by atoms with Gasteiger partial charge in [-0.1, -0.05) is 11.6 Å². The molecule has 4 aliphatic rings. The SMILES string of the molecule is Cc1nn(Cn2ccc(C(=O)NC34CC5CC(CC(C5)C3)C4)n2)c(C)c1Cl. The Labute approximate surface area is 164 Å². The highest BCUT2D eigenvalue weighted by atomic mass is 35.5. The molecular weight excluding hydrogens is 362 g/mol. The first-order valence-electron chi connectivity index (χ1n) is 9.96. The molecule has 0 spiro atoms. The average molecular weight is 388 g/mol. The maximum Gasteiger partial charge on any atom is 0.272 e. The van der Waals surface area contributed by atoms with Gasteiger partial charge in [0.2, 0.25) is 0 Å². The number of amides is 1. The number of aromatic nitrogens is 4. The minimum atomic E-state index is -0.0397. The molecule has 0 aromatic carbocycles. The van der Waals surface area contributed by atoms with E-state index < -0.39 is 0 Å². The topological polar surface area (TPSA) is 64.7 Å². The summed E-state index contributed by atoms with van der Waals surface area (Å²) in [5.41, 5.74) is 2.21. The zero-order valence-electron chi connectivity index (χ0n) is 15.9. The second kappa shape index (κ2) is 6.09. The molecule has 4 bridgehead atoms. The molecule has 2 aromatic heterocycles. The predicted octanol–water partition coefficient (Wildman–Crippen LogP) is 3.55. The number of carbonyl (C=O) groups excluding carboxylic acids is 1. The predicted molar refractivity (Wildman–Crippen MR) is 103 cm³/mol. The Morgan fingerprint density at radius 3 is 2.37 bits per heavy atom. The van der Waals surface area contributed by atoms with Crippen LogP contribution in [0, 0.1) is 31.6 Å². The molecule has 4 saturated carbocycles. The summed E-state index contributed by atoms with van der Waals surface area (Å²) in [5, 5.41) is 13.0. The van der Waals surface area contributed by atoms with Crippen LogP contribution in [0.1, 0.15) is 60.4 Å². The van der Waals surface area contributed by atoms with Crippen molar-refractivity contribution in [2.24, 2.45) is 17.8 Å². The van der Waals surface area contributed by atoms with Crippen LogP contribution in [0.25, 0.3) is 0 Å². The van der Waals surface area contributed by atoms with Crippen LogP contribution in [0.2, 0.25) is 5.02 Å². The number of nitrogens with one attached hydrogen (secondary N) is 1. The van der Waals surface area contributed by atoms with Gasteiger partial charge in [-0.25, -0.2) is 4.68 Å². The molecule has 27 heavy (non-hydrogen) atoms. The molecule has 4 fully saturated rings. The van der Waals surface area contributed by atoms with Crippen LogP contribution < -0.4 is 5.32 Å². The number of carbonyl (C=O) groups is 1. The lowest BCUT2D eigenvalue weighted by Gasteiger charge is -2.56. The first-order valence-corrected chi connectivity index (χ1v) is 10.3. The van der Waals surface area contributed by atoms with Crippen LogP contribution in [-0.2, 0) is 6.67 Å². The van der Waals surface area contributed by atoms with Crippen LogP contribution in [0.5, 0.6) is 0 Å². The normalized spacial score (nSPS) is 31.4. The third-order valence-corrected chi connectivity index (χ3v) is 7.41. The van der Waals surface area contributed by atoms with E-state index in [-0.39, 0.29) is 11.4 Å². The van der Waals surface area contributed by atoms with E-state index in [1.165, 1.54) is 19.3 Å². The number of hydrogen-bond donors (Lipinski definition) is 1. The second-order valence-electron chi connectivity index (χ2n) is 9.02. The Hall–Kier alpha value is -1.82. The smallest absolute Gasteiger partial charge is 0.272 e. The Morgan fingerprint density at radius 2 is 1.81 bits per heavy atom. The van der Waals surface area contributed by atoms with Crippen molar-refractivity contribution in [2.45, 2.75) is 64.6 Å². The summed E-state index contributed by atoms with van der Waals surface area (Å²) < 4.78 is 3.55. The van der Waals surface area contributed by atoms with Gasteiger partial charge in [-0.3, -0.25) is 9.48 Å². The van der Waals surface area contributed by atoms with Gasteiger partial charge in [-0.2, -0.15) is 10.2 Å². The molecule has 1 N–H and O–H groups in total. The molecule has 2 aromatic rings. The zero-order valence-corrected chi connectivity index (χ0v) is 16.7. The lowest BCUT2D eigenvalue weighted by Crippen LogP contribution is -2.59. The maximum absolute atomic E-state index is 12.9. The van der Waals surface area contributed by atoms with E-state index >= 15 is 0 Å². The monoisotopic (exact) mass is 387 g/mol. The Balaban J connectivity index is 1.30. The van der Waals surface area contributed by atoms with E-state index in [0.29, 0.717) is 17.4 Å². The lowest BCUT2D eigenvalue weighted by atomic mass is 9.53. The van der Waals surface area contributed by atoms with Crippen LogP contribution in [-0.4, -0.2) is 31.0 Å². The van der Waals surface area contributed by atoms with E-state index in [1.807, 2.05) is 24.7 Å². The van der Waals surface area contributed by atoms with E-state index in [0.717, 1.165) is 48.4 Å². The van der Waals surface area contributed by atoms with Gasteiger partial charge in [0.1, 0.15) is 12.4 Å². The summed E-state index contributed by atoms with van der Waals surface area (Å²) in [7, 11) is 0. The van der Waals surface area contributed by atoms with Gasteiger partial charge in [-0.05, 0) is 76.2 Å². The summed E-state index contributed by atoms with van der Waals surface area (Å²) >= 11 is 6.22. The highest BCUT2D eigenvalue weighted by Gasteiger charge is 2.51. The molecule has 6 rings (SSSR count). The number of nitrogens with zero attached hydrogens (tertiary/aromatic N) is 4. The largest absolute Gasteiger partial charge is 0.345 e. The molecule has 2 heterocycles. The number of rotatable bonds is 4. The zero-order chi connectivity index (χ0) is 18.8. The van der Waals surface area contributed by atoms with Crippen molar-refractivity contribution < 1.29 is 4.79 Å². The van der Waals surface area contributed by atoms with Crippen LogP contribution in [0.15, 0.2) is 12.3 Å². The molecule has 4 aliphatic carbocycles. The van der Waals surface area contributed by atoms with Crippen LogP contribution in [0.4, 0.5) is 0 Å². The van der Waals surface area contributed by atoms with Gasteiger partial charge in [0.15, 0.2) is 0 Å². The second-order valence-corrected chi connectivity index (χ2v) is 9.40. The van der Waals surface area contributed by atoms with Gasteiger partial charge in [0, 0.05) is 11.7 Å². The maximum atomic E-state index is 12.9. The van der Waals surface area contributed by atoms with Gasteiger partial charge in [-0.15, -0.1) is 0 Å². The molecule has 144 valence electrons. The van der Waals surface area contributed by atoms with Crippen molar-refractivity contribution in [3.05, 3.63) is 34.4 Å². The van der Waals surface area contributed by atoms with Crippen LogP contribution in [0.3, 0.4) is 0 Å². The number of hydrogen-bond acceptors (Lipinski definition) is 3. The first kappa shape index (κ1) is 17.3. The standard InChI is InChI=1S/C20H26ClN5O/c1-12-18(21)13(2)26(23-12)11-25-4-3-17(24-25)19(27)22-20-8-14-5-15(9-20)7-16(6-14)10-20/h3-4,14-16H,5-11H2,1-2H3,(H,22,27). The summed E-state index contributed by atoms with van der Waals surface area (Å²) in [6, 6.07) is 1.79. The van der Waals surface area contributed by atoms with E-state index in [4.69, 9.17) is 11.6 Å². The van der Waals surface area contributed by atoms with Crippen molar-refractivity contribution in [3.63, 3.8) is 0 Å². The van der Waals surface area contributed by atoms with Gasteiger partial charge < -0.3 is 5.32 Å².